The number of carbonyl (C=O) groups excluding carboxylic acids is 2. The molecule has 1 aromatic heterocycles. The fourth-order valence-corrected chi connectivity index (χ4v) is 4.37. The number of carboxylic acids is 4. The molecule has 2 aliphatic rings. The Morgan fingerprint density at radius 1 is 0.921 bits per heavy atom. The minimum atomic E-state index is -1.51. The van der Waals surface area contributed by atoms with Crippen molar-refractivity contribution in [3.8, 4) is 0 Å². The second kappa shape index (κ2) is 14.3. The van der Waals surface area contributed by atoms with Gasteiger partial charge in [-0.1, -0.05) is 12.1 Å². The number of quaternary nitrogens is 1. The van der Waals surface area contributed by atoms with Crippen LogP contribution in [-0.4, -0.2) is 77.7 Å². The number of anilines is 3. The molecule has 202 valence electrons. The van der Waals surface area contributed by atoms with Gasteiger partial charge in [0.2, 0.25) is 0 Å². The number of para-hydroxylation sites is 2. The van der Waals surface area contributed by atoms with Crippen LogP contribution in [0.25, 0.3) is 0 Å². The number of carbonyl (C=O) groups is 4. The number of thiophene rings is 1. The Labute approximate surface area is 222 Å². The standard InChI is InChI=1S/C17H20N4S.2C4H4O4/c1-12-11-13-16(21-9-7-20(2)8-10-21)18-14-5-3-4-6-15(14)19-17(13)22-12;2*5-3(6)1-2-4(7)8/h3-6,11H,7-10H2,1-2H3,(H,18,19);2*1-2H,(H,5,6)(H,7,8)/b;2*2-1-. The Hall–Kier alpha value is -4.49. The predicted molar refractivity (Wildman–Crippen MR) is 137 cm³/mol. The molecule has 0 radical (unpaired) electrons. The lowest BCUT2D eigenvalue weighted by molar-refractivity contribution is -0.914. The number of hydrogen-bond acceptors (Lipinski definition) is 8. The van der Waals surface area contributed by atoms with Gasteiger partial charge in [-0.15, -0.1) is 11.3 Å². The summed E-state index contributed by atoms with van der Waals surface area (Å²) in [6.07, 6.45) is 1.88. The van der Waals surface area contributed by atoms with Gasteiger partial charge in [0.15, 0.2) is 0 Å². The van der Waals surface area contributed by atoms with Crippen LogP contribution in [-0.2, 0) is 19.2 Å². The van der Waals surface area contributed by atoms with Crippen molar-refractivity contribution in [3.63, 3.8) is 0 Å². The highest BCUT2D eigenvalue weighted by Crippen LogP contribution is 2.37. The van der Waals surface area contributed by atoms with Gasteiger partial charge in [0.25, 0.3) is 5.84 Å². The summed E-state index contributed by atoms with van der Waals surface area (Å²) in [6, 6.07) is 10.7. The molecule has 13 heteroatoms. The molecule has 4 rings (SSSR count). The summed E-state index contributed by atoms with van der Waals surface area (Å²) >= 11 is 1.83. The number of fused-ring (bicyclic) bond motifs is 2. The lowest BCUT2D eigenvalue weighted by Crippen LogP contribution is -3.11. The maximum absolute atomic E-state index is 9.53. The first kappa shape index (κ1) is 29.7. The number of nitrogens with zero attached hydrogens (tertiary/aromatic N) is 1. The zero-order valence-corrected chi connectivity index (χ0v) is 21.5. The number of benzene rings is 1. The summed E-state index contributed by atoms with van der Waals surface area (Å²) < 4.78 is 2.50. The quantitative estimate of drug-likeness (QED) is 0.219. The van der Waals surface area contributed by atoms with E-state index in [0.717, 1.165) is 24.5 Å². The van der Waals surface area contributed by atoms with E-state index in [-0.39, 0.29) is 0 Å². The maximum Gasteiger partial charge on any atom is 0.328 e. The SMILES string of the molecule is Cc1cc2c(s1)Nc1ccccc1NC2=[N+]1CC[NH+](C)CC1.O=C([O-])/C=C\C(=O)O.O=C([O-])/C=C\C(=O)O. The van der Waals surface area contributed by atoms with E-state index in [0.29, 0.717) is 24.3 Å². The highest BCUT2D eigenvalue weighted by Gasteiger charge is 2.29. The van der Waals surface area contributed by atoms with Crippen molar-refractivity contribution in [3.05, 3.63) is 65.1 Å². The van der Waals surface area contributed by atoms with Crippen molar-refractivity contribution >= 4 is 57.4 Å². The first-order chi connectivity index (χ1) is 18.0. The van der Waals surface area contributed by atoms with E-state index in [4.69, 9.17) is 10.2 Å². The van der Waals surface area contributed by atoms with Crippen molar-refractivity contribution in [2.45, 2.75) is 6.92 Å². The number of carboxylic acid groups (broad SMARTS) is 4. The van der Waals surface area contributed by atoms with Gasteiger partial charge in [-0.2, -0.15) is 0 Å². The lowest BCUT2D eigenvalue weighted by atomic mass is 10.2. The summed E-state index contributed by atoms with van der Waals surface area (Å²) in [5.74, 6) is -4.35. The number of nitrogens with one attached hydrogen (secondary N) is 3. The summed E-state index contributed by atoms with van der Waals surface area (Å²) in [6.45, 7) is 6.77. The average Bonchev–Trinajstić information content (AvgIpc) is 3.14. The van der Waals surface area contributed by atoms with Crippen LogP contribution in [0, 0.1) is 6.92 Å². The van der Waals surface area contributed by atoms with E-state index in [1.165, 1.54) is 34.4 Å². The van der Waals surface area contributed by atoms with E-state index in [1.54, 1.807) is 4.90 Å². The van der Waals surface area contributed by atoms with E-state index in [2.05, 4.69) is 59.5 Å². The number of likely N-dealkylation sites (N-methyl/N-ethyl adjacent to an activating group) is 1. The fourth-order valence-electron chi connectivity index (χ4n) is 3.44. The molecule has 0 aliphatic carbocycles. The number of rotatable bonds is 4. The van der Waals surface area contributed by atoms with Crippen molar-refractivity contribution in [2.24, 2.45) is 0 Å². The highest BCUT2D eigenvalue weighted by atomic mass is 32.1. The molecule has 0 unspecified atom stereocenters. The van der Waals surface area contributed by atoms with Gasteiger partial charge in [-0.25, -0.2) is 19.5 Å². The summed E-state index contributed by atoms with van der Waals surface area (Å²) in [5, 5.41) is 43.0. The average molecular weight is 545 g/mol. The van der Waals surface area contributed by atoms with Crippen LogP contribution in [0.5, 0.6) is 0 Å². The van der Waals surface area contributed by atoms with E-state index in [9.17, 15) is 29.4 Å². The van der Waals surface area contributed by atoms with E-state index >= 15 is 0 Å². The molecule has 2 aromatic rings. The highest BCUT2D eigenvalue weighted by molar-refractivity contribution is 7.16. The van der Waals surface area contributed by atoms with Crippen LogP contribution >= 0.6 is 11.3 Å². The van der Waals surface area contributed by atoms with Crippen LogP contribution in [0.15, 0.2) is 54.6 Å². The first-order valence-electron chi connectivity index (χ1n) is 11.4. The van der Waals surface area contributed by atoms with Crippen molar-refractivity contribution in [2.75, 3.05) is 43.9 Å². The van der Waals surface area contributed by atoms with Gasteiger partial charge < -0.3 is 40.2 Å². The number of piperazine rings is 1. The normalized spacial score (nSPS) is 15.9. The topological polar surface area (TPSA) is 186 Å². The third-order valence-electron chi connectivity index (χ3n) is 5.20. The molecule has 0 saturated carbocycles. The fraction of sp³-hybridized carbons (Fsp3) is 0.240. The molecule has 38 heavy (non-hydrogen) atoms. The van der Waals surface area contributed by atoms with Crippen molar-refractivity contribution in [1.29, 1.82) is 0 Å². The molecule has 0 bridgehead atoms. The Morgan fingerprint density at radius 3 is 1.87 bits per heavy atom. The van der Waals surface area contributed by atoms with Gasteiger partial charge in [-0.05, 0) is 37.3 Å². The molecule has 0 spiro atoms. The lowest BCUT2D eigenvalue weighted by Gasteiger charge is -2.22. The predicted octanol–water partition coefficient (Wildman–Crippen LogP) is -1.73. The van der Waals surface area contributed by atoms with E-state index < -0.39 is 23.9 Å². The largest absolute Gasteiger partial charge is 0.545 e. The maximum atomic E-state index is 9.53. The first-order valence-corrected chi connectivity index (χ1v) is 12.2. The van der Waals surface area contributed by atoms with Crippen molar-refractivity contribution in [1.82, 2.24) is 0 Å². The molecular weight excluding hydrogens is 516 g/mol. The van der Waals surface area contributed by atoms with Crippen LogP contribution in [0.1, 0.15) is 10.4 Å². The zero-order chi connectivity index (χ0) is 28.2. The molecule has 1 saturated heterocycles. The second-order valence-corrected chi connectivity index (χ2v) is 9.43. The number of aryl methyl sites for hydroxylation is 1. The van der Waals surface area contributed by atoms with Gasteiger partial charge >= 0.3 is 11.9 Å². The molecule has 1 fully saturated rings. The summed E-state index contributed by atoms with van der Waals surface area (Å²) in [4.78, 5) is 40.9. The van der Waals surface area contributed by atoms with Crippen LogP contribution in [0.2, 0.25) is 0 Å². The second-order valence-electron chi connectivity index (χ2n) is 8.17. The Balaban J connectivity index is 0.000000264. The minimum Gasteiger partial charge on any atom is -0.545 e. The molecule has 5 N–H and O–H groups in total. The number of hydrogen-bond donors (Lipinski definition) is 5. The molecule has 1 aromatic carbocycles. The number of amidine groups is 1. The molecule has 0 amide bonds. The number of aliphatic carboxylic acids is 4. The Morgan fingerprint density at radius 2 is 1.42 bits per heavy atom. The van der Waals surface area contributed by atoms with Crippen LogP contribution < -0.4 is 25.7 Å². The van der Waals surface area contributed by atoms with Crippen molar-refractivity contribution < 1.29 is 49.1 Å². The third-order valence-corrected chi connectivity index (χ3v) is 6.16. The van der Waals surface area contributed by atoms with Crippen LogP contribution in [0.3, 0.4) is 0 Å². The Kier molecular flexibility index (Phi) is 11.2. The van der Waals surface area contributed by atoms with Crippen LogP contribution in [0.4, 0.5) is 16.4 Å². The zero-order valence-electron chi connectivity index (χ0n) is 20.7. The monoisotopic (exact) mass is 544 g/mol. The molecule has 3 heterocycles. The minimum absolute atomic E-state index is 0.447. The third kappa shape index (κ3) is 9.87. The van der Waals surface area contributed by atoms with Gasteiger partial charge in [0, 0.05) is 17.0 Å². The summed E-state index contributed by atoms with van der Waals surface area (Å²) in [5.41, 5.74) is 3.61. The summed E-state index contributed by atoms with van der Waals surface area (Å²) in [7, 11) is 2.28. The van der Waals surface area contributed by atoms with Gasteiger partial charge in [-0.3, -0.25) is 0 Å². The smallest absolute Gasteiger partial charge is 0.328 e. The molecule has 0 atom stereocenters. The molecular formula is C25H28N4O8S. The molecule has 2 aliphatic heterocycles. The van der Waals surface area contributed by atoms with Gasteiger partial charge in [0.05, 0.1) is 30.2 Å². The van der Waals surface area contributed by atoms with E-state index in [1.807, 2.05) is 11.3 Å². The molecule has 12 nitrogen and oxygen atoms in total. The Bertz CT molecular complexity index is 1210. The van der Waals surface area contributed by atoms with Gasteiger partial charge in [0.1, 0.15) is 36.9 Å².